The summed E-state index contributed by atoms with van der Waals surface area (Å²) >= 11 is 0. The number of hydrogen-bond donors (Lipinski definition) is 1. The van der Waals surface area contributed by atoms with Crippen LogP contribution in [0.15, 0.2) is 0 Å². The van der Waals surface area contributed by atoms with Gasteiger partial charge in [-0.3, -0.25) is 0 Å². The average Bonchev–Trinajstić information content (AvgIpc) is 2.76. The molecule has 1 aliphatic heterocycles. The van der Waals surface area contributed by atoms with E-state index in [1.807, 2.05) is 0 Å². The zero-order valence-electron chi connectivity index (χ0n) is 8.95. The van der Waals surface area contributed by atoms with Crippen molar-refractivity contribution in [2.75, 3.05) is 6.61 Å². The molecule has 1 N–H and O–H groups in total. The average molecular weight is 198 g/mol. The van der Waals surface area contributed by atoms with Crippen molar-refractivity contribution in [3.8, 4) is 0 Å². The molecule has 1 aliphatic carbocycles. The largest absolute Gasteiger partial charge is 0.393 e. The molecule has 14 heavy (non-hydrogen) atoms. The fourth-order valence-corrected chi connectivity index (χ4v) is 2.86. The van der Waals surface area contributed by atoms with E-state index in [1.54, 1.807) is 0 Å². The van der Waals surface area contributed by atoms with Gasteiger partial charge in [-0.15, -0.1) is 0 Å². The van der Waals surface area contributed by atoms with Gasteiger partial charge < -0.3 is 9.84 Å². The van der Waals surface area contributed by atoms with Crippen molar-refractivity contribution in [1.82, 2.24) is 0 Å². The van der Waals surface area contributed by atoms with Gasteiger partial charge in [0.15, 0.2) is 0 Å². The Morgan fingerprint density at radius 2 is 1.86 bits per heavy atom. The molecule has 2 fully saturated rings. The summed E-state index contributed by atoms with van der Waals surface area (Å²) in [4.78, 5) is 0. The van der Waals surface area contributed by atoms with Crippen LogP contribution in [-0.4, -0.2) is 23.9 Å². The van der Waals surface area contributed by atoms with Crippen molar-refractivity contribution in [1.29, 1.82) is 0 Å². The van der Waals surface area contributed by atoms with Crippen LogP contribution in [0.5, 0.6) is 0 Å². The molecule has 2 unspecified atom stereocenters. The molecular weight excluding hydrogens is 176 g/mol. The standard InChI is InChI=1S/C12H22O2/c13-11(8-10-4-1-2-5-10)9-12-6-3-7-14-12/h10-13H,1-9H2. The van der Waals surface area contributed by atoms with E-state index in [4.69, 9.17) is 4.74 Å². The van der Waals surface area contributed by atoms with Gasteiger partial charge in [-0.1, -0.05) is 25.7 Å². The van der Waals surface area contributed by atoms with Gasteiger partial charge in [0.1, 0.15) is 0 Å². The monoisotopic (exact) mass is 198 g/mol. The lowest BCUT2D eigenvalue weighted by atomic mass is 9.96. The first kappa shape index (κ1) is 10.4. The van der Waals surface area contributed by atoms with E-state index in [0.717, 1.165) is 31.8 Å². The van der Waals surface area contributed by atoms with Gasteiger partial charge >= 0.3 is 0 Å². The summed E-state index contributed by atoms with van der Waals surface area (Å²) in [5.74, 6) is 0.798. The molecule has 0 amide bonds. The van der Waals surface area contributed by atoms with Gasteiger partial charge in [-0.2, -0.15) is 0 Å². The Bertz CT molecular complexity index is 140. The smallest absolute Gasteiger partial charge is 0.0600 e. The van der Waals surface area contributed by atoms with Crippen molar-refractivity contribution in [2.24, 2.45) is 5.92 Å². The van der Waals surface area contributed by atoms with E-state index in [1.165, 1.54) is 32.1 Å². The van der Waals surface area contributed by atoms with Gasteiger partial charge in [0.05, 0.1) is 12.2 Å². The molecular formula is C12H22O2. The Kier molecular flexibility index (Phi) is 3.82. The highest BCUT2D eigenvalue weighted by Crippen LogP contribution is 2.30. The molecule has 2 aliphatic rings. The van der Waals surface area contributed by atoms with Crippen LogP contribution in [0, 0.1) is 5.92 Å². The summed E-state index contributed by atoms with van der Waals surface area (Å²) in [6.07, 6.45) is 9.88. The number of aliphatic hydroxyl groups excluding tert-OH is 1. The first-order chi connectivity index (χ1) is 6.84. The van der Waals surface area contributed by atoms with E-state index < -0.39 is 0 Å². The molecule has 2 atom stereocenters. The molecule has 0 aromatic heterocycles. The van der Waals surface area contributed by atoms with Crippen molar-refractivity contribution < 1.29 is 9.84 Å². The maximum Gasteiger partial charge on any atom is 0.0600 e. The van der Waals surface area contributed by atoms with E-state index >= 15 is 0 Å². The minimum absolute atomic E-state index is 0.110. The van der Waals surface area contributed by atoms with Crippen LogP contribution >= 0.6 is 0 Å². The molecule has 0 aromatic carbocycles. The lowest BCUT2D eigenvalue weighted by molar-refractivity contribution is 0.0440. The molecule has 2 heteroatoms. The van der Waals surface area contributed by atoms with E-state index in [-0.39, 0.29) is 6.10 Å². The molecule has 2 rings (SSSR count). The van der Waals surface area contributed by atoms with Crippen LogP contribution in [0.1, 0.15) is 51.4 Å². The SMILES string of the molecule is OC(CC1CCCC1)CC1CCCO1. The molecule has 82 valence electrons. The fourth-order valence-electron chi connectivity index (χ4n) is 2.86. The van der Waals surface area contributed by atoms with E-state index in [9.17, 15) is 5.11 Å². The first-order valence-electron chi connectivity index (χ1n) is 6.14. The third-order valence-electron chi connectivity index (χ3n) is 3.64. The molecule has 1 saturated carbocycles. The van der Waals surface area contributed by atoms with Crippen LogP contribution < -0.4 is 0 Å². The molecule has 0 aromatic rings. The van der Waals surface area contributed by atoms with Crippen molar-refractivity contribution in [2.45, 2.75) is 63.6 Å². The molecule has 1 saturated heterocycles. The Morgan fingerprint density at radius 3 is 2.50 bits per heavy atom. The second-order valence-electron chi connectivity index (χ2n) is 4.91. The van der Waals surface area contributed by atoms with Crippen LogP contribution in [0.3, 0.4) is 0 Å². The maximum atomic E-state index is 9.89. The van der Waals surface area contributed by atoms with Crippen LogP contribution in [-0.2, 0) is 4.74 Å². The van der Waals surface area contributed by atoms with Gasteiger partial charge in [0.2, 0.25) is 0 Å². The highest BCUT2D eigenvalue weighted by atomic mass is 16.5. The van der Waals surface area contributed by atoms with Crippen LogP contribution in [0.25, 0.3) is 0 Å². The third-order valence-corrected chi connectivity index (χ3v) is 3.64. The summed E-state index contributed by atoms with van der Waals surface area (Å²) in [5, 5.41) is 9.89. The lowest BCUT2D eigenvalue weighted by Crippen LogP contribution is -2.19. The predicted octanol–water partition coefficient (Wildman–Crippen LogP) is 2.50. The molecule has 2 nitrogen and oxygen atoms in total. The molecule has 0 radical (unpaired) electrons. The van der Waals surface area contributed by atoms with Crippen LogP contribution in [0.4, 0.5) is 0 Å². The Balaban J connectivity index is 1.64. The summed E-state index contributed by atoms with van der Waals surface area (Å²) in [7, 11) is 0. The Labute approximate surface area is 86.6 Å². The zero-order valence-corrected chi connectivity index (χ0v) is 8.95. The van der Waals surface area contributed by atoms with Crippen molar-refractivity contribution in [3.05, 3.63) is 0 Å². The van der Waals surface area contributed by atoms with Crippen LogP contribution in [0.2, 0.25) is 0 Å². The van der Waals surface area contributed by atoms with E-state index in [2.05, 4.69) is 0 Å². The molecule has 0 spiro atoms. The highest BCUT2D eigenvalue weighted by Gasteiger charge is 2.23. The summed E-state index contributed by atoms with van der Waals surface area (Å²) in [6, 6.07) is 0. The van der Waals surface area contributed by atoms with E-state index in [0.29, 0.717) is 6.10 Å². The first-order valence-corrected chi connectivity index (χ1v) is 6.14. The van der Waals surface area contributed by atoms with Gasteiger partial charge in [0, 0.05) is 6.61 Å². The number of hydrogen-bond acceptors (Lipinski definition) is 2. The quantitative estimate of drug-likeness (QED) is 0.752. The lowest BCUT2D eigenvalue weighted by Gasteiger charge is -2.18. The maximum absolute atomic E-state index is 9.89. The third kappa shape index (κ3) is 2.96. The van der Waals surface area contributed by atoms with Crippen molar-refractivity contribution in [3.63, 3.8) is 0 Å². The summed E-state index contributed by atoms with van der Waals surface area (Å²) in [6.45, 7) is 0.904. The second kappa shape index (κ2) is 5.13. The minimum Gasteiger partial charge on any atom is -0.393 e. The number of ether oxygens (including phenoxy) is 1. The topological polar surface area (TPSA) is 29.5 Å². The molecule has 0 bridgehead atoms. The van der Waals surface area contributed by atoms with Gasteiger partial charge in [0.25, 0.3) is 0 Å². The minimum atomic E-state index is -0.110. The second-order valence-corrected chi connectivity index (χ2v) is 4.91. The van der Waals surface area contributed by atoms with Gasteiger partial charge in [-0.25, -0.2) is 0 Å². The number of rotatable bonds is 4. The summed E-state index contributed by atoms with van der Waals surface area (Å²) in [5.41, 5.74) is 0. The molecule has 1 heterocycles. The van der Waals surface area contributed by atoms with Gasteiger partial charge in [-0.05, 0) is 31.6 Å². The normalized spacial score (nSPS) is 31.1. The Morgan fingerprint density at radius 1 is 1.07 bits per heavy atom. The van der Waals surface area contributed by atoms with Crippen molar-refractivity contribution >= 4 is 0 Å². The predicted molar refractivity (Wildman–Crippen MR) is 56.2 cm³/mol. The Hall–Kier alpha value is -0.0800. The fraction of sp³-hybridized carbons (Fsp3) is 1.00. The highest BCUT2D eigenvalue weighted by molar-refractivity contribution is 4.75. The number of aliphatic hydroxyl groups is 1. The summed E-state index contributed by atoms with van der Waals surface area (Å²) < 4.78 is 5.53. The zero-order chi connectivity index (χ0) is 9.80.